The number of hydrogen-bond acceptors (Lipinski definition) is 1. The Hall–Kier alpha value is -0.820. The third kappa shape index (κ3) is 2.45. The van der Waals surface area contributed by atoms with Crippen LogP contribution in [0.1, 0.15) is 57.4 Å². The van der Waals surface area contributed by atoms with Crippen LogP contribution in [0.15, 0.2) is 30.3 Å². The maximum atomic E-state index is 2.79. The molecule has 1 aliphatic carbocycles. The van der Waals surface area contributed by atoms with Crippen LogP contribution in [-0.4, -0.2) is 18.0 Å². The zero-order chi connectivity index (χ0) is 13.1. The van der Waals surface area contributed by atoms with E-state index >= 15 is 0 Å². The van der Waals surface area contributed by atoms with E-state index in [2.05, 4.69) is 42.2 Å². The fourth-order valence-electron chi connectivity index (χ4n) is 4.30. The average Bonchev–Trinajstić information content (AvgIpc) is 3.03. The van der Waals surface area contributed by atoms with Gasteiger partial charge in [-0.25, -0.2) is 0 Å². The van der Waals surface area contributed by atoms with E-state index in [0.29, 0.717) is 0 Å². The van der Waals surface area contributed by atoms with Crippen molar-refractivity contribution in [1.29, 1.82) is 0 Å². The molecule has 1 heterocycles. The number of likely N-dealkylation sites (tertiary alicyclic amines) is 1. The highest BCUT2D eigenvalue weighted by Gasteiger charge is 2.42. The first-order valence-corrected chi connectivity index (χ1v) is 8.12. The first-order chi connectivity index (χ1) is 9.32. The fraction of sp³-hybridized carbons (Fsp3) is 0.667. The fourth-order valence-corrected chi connectivity index (χ4v) is 4.30. The zero-order valence-electron chi connectivity index (χ0n) is 12.3. The SMILES string of the molecule is CC(c1ccccc1)(C1CCCC1)N1CCCCC1. The lowest BCUT2D eigenvalue weighted by Gasteiger charge is -2.48. The van der Waals surface area contributed by atoms with Crippen LogP contribution in [-0.2, 0) is 5.54 Å². The maximum Gasteiger partial charge on any atom is 0.0460 e. The molecule has 3 rings (SSSR count). The van der Waals surface area contributed by atoms with Gasteiger partial charge in [0.25, 0.3) is 0 Å². The zero-order valence-corrected chi connectivity index (χ0v) is 12.3. The molecular weight excluding hydrogens is 230 g/mol. The molecule has 0 N–H and O–H groups in total. The summed E-state index contributed by atoms with van der Waals surface area (Å²) >= 11 is 0. The second-order valence-corrected chi connectivity index (χ2v) is 6.54. The lowest BCUT2D eigenvalue weighted by Crippen LogP contribution is -2.50. The summed E-state index contributed by atoms with van der Waals surface area (Å²) in [6.45, 7) is 5.10. The van der Waals surface area contributed by atoms with Crippen molar-refractivity contribution >= 4 is 0 Å². The monoisotopic (exact) mass is 257 g/mol. The Labute approximate surface area is 118 Å². The van der Waals surface area contributed by atoms with Gasteiger partial charge < -0.3 is 0 Å². The van der Waals surface area contributed by atoms with Crippen LogP contribution in [0.4, 0.5) is 0 Å². The summed E-state index contributed by atoms with van der Waals surface area (Å²) in [6, 6.07) is 11.3. The first kappa shape index (κ1) is 13.2. The van der Waals surface area contributed by atoms with Gasteiger partial charge in [0, 0.05) is 5.54 Å². The standard InChI is InChI=1S/C18H27N/c1-18(17-12-6-7-13-17,16-10-4-2-5-11-16)19-14-8-3-9-15-19/h2,4-5,10-11,17H,3,6-9,12-15H2,1H3. The van der Waals surface area contributed by atoms with Gasteiger partial charge in [-0.05, 0) is 57.2 Å². The molecule has 1 aromatic rings. The summed E-state index contributed by atoms with van der Waals surface area (Å²) < 4.78 is 0. The van der Waals surface area contributed by atoms with Crippen LogP contribution >= 0.6 is 0 Å². The molecule has 19 heavy (non-hydrogen) atoms. The van der Waals surface area contributed by atoms with Gasteiger partial charge in [-0.1, -0.05) is 49.6 Å². The van der Waals surface area contributed by atoms with E-state index in [9.17, 15) is 0 Å². The van der Waals surface area contributed by atoms with Crippen LogP contribution < -0.4 is 0 Å². The van der Waals surface area contributed by atoms with Crippen molar-refractivity contribution in [2.75, 3.05) is 13.1 Å². The van der Waals surface area contributed by atoms with Gasteiger partial charge in [-0.15, -0.1) is 0 Å². The van der Waals surface area contributed by atoms with Crippen molar-refractivity contribution in [3.8, 4) is 0 Å². The van der Waals surface area contributed by atoms with Gasteiger partial charge in [0.1, 0.15) is 0 Å². The van der Waals surface area contributed by atoms with Gasteiger partial charge in [0.2, 0.25) is 0 Å². The van der Waals surface area contributed by atoms with Crippen LogP contribution in [0.25, 0.3) is 0 Å². The summed E-state index contributed by atoms with van der Waals surface area (Å²) in [5.74, 6) is 0.855. The number of nitrogens with zero attached hydrogens (tertiary/aromatic N) is 1. The van der Waals surface area contributed by atoms with Gasteiger partial charge >= 0.3 is 0 Å². The van der Waals surface area contributed by atoms with Crippen molar-refractivity contribution < 1.29 is 0 Å². The molecule has 1 aromatic carbocycles. The van der Waals surface area contributed by atoms with E-state index in [0.717, 1.165) is 5.92 Å². The number of rotatable bonds is 3. The third-order valence-corrected chi connectivity index (χ3v) is 5.52. The lowest BCUT2D eigenvalue weighted by atomic mass is 9.76. The van der Waals surface area contributed by atoms with E-state index in [1.54, 1.807) is 5.56 Å². The van der Waals surface area contributed by atoms with Crippen LogP contribution in [0.5, 0.6) is 0 Å². The smallest absolute Gasteiger partial charge is 0.0460 e. The van der Waals surface area contributed by atoms with Gasteiger partial charge in [0.05, 0.1) is 0 Å². The molecule has 1 atom stereocenters. The average molecular weight is 257 g/mol. The third-order valence-electron chi connectivity index (χ3n) is 5.52. The molecule has 2 aliphatic rings. The van der Waals surface area contributed by atoms with Crippen LogP contribution in [0, 0.1) is 5.92 Å². The molecule has 1 heteroatoms. The Morgan fingerprint density at radius 1 is 0.895 bits per heavy atom. The van der Waals surface area contributed by atoms with E-state index in [4.69, 9.17) is 0 Å². The minimum absolute atomic E-state index is 0.276. The second kappa shape index (κ2) is 5.66. The van der Waals surface area contributed by atoms with E-state index in [-0.39, 0.29) is 5.54 Å². The molecule has 1 nitrogen and oxygen atoms in total. The highest BCUT2D eigenvalue weighted by Crippen LogP contribution is 2.45. The molecule has 0 spiro atoms. The molecule has 1 saturated heterocycles. The van der Waals surface area contributed by atoms with Crippen molar-refractivity contribution in [3.05, 3.63) is 35.9 Å². The predicted molar refractivity (Wildman–Crippen MR) is 81.2 cm³/mol. The van der Waals surface area contributed by atoms with Crippen molar-refractivity contribution in [3.63, 3.8) is 0 Å². The van der Waals surface area contributed by atoms with E-state index < -0.39 is 0 Å². The molecule has 1 saturated carbocycles. The molecule has 0 radical (unpaired) electrons. The summed E-state index contributed by atoms with van der Waals surface area (Å²) in [4.78, 5) is 2.79. The normalized spacial score (nSPS) is 25.3. The van der Waals surface area contributed by atoms with Crippen molar-refractivity contribution in [2.24, 2.45) is 5.92 Å². The largest absolute Gasteiger partial charge is 0.294 e. The topological polar surface area (TPSA) is 3.24 Å². The molecule has 0 bridgehead atoms. The maximum absolute atomic E-state index is 2.79. The molecule has 2 fully saturated rings. The Kier molecular flexibility index (Phi) is 3.93. The second-order valence-electron chi connectivity index (χ2n) is 6.54. The molecule has 0 amide bonds. The van der Waals surface area contributed by atoms with E-state index in [1.165, 1.54) is 58.0 Å². The van der Waals surface area contributed by atoms with Crippen molar-refractivity contribution in [2.45, 2.75) is 57.4 Å². The highest BCUT2D eigenvalue weighted by atomic mass is 15.2. The molecule has 1 unspecified atom stereocenters. The Bertz CT molecular complexity index is 387. The van der Waals surface area contributed by atoms with Gasteiger partial charge in [-0.3, -0.25) is 4.90 Å². The van der Waals surface area contributed by atoms with Crippen LogP contribution in [0.2, 0.25) is 0 Å². The molecule has 1 aliphatic heterocycles. The quantitative estimate of drug-likeness (QED) is 0.766. The Morgan fingerprint density at radius 2 is 1.53 bits per heavy atom. The Balaban J connectivity index is 1.94. The first-order valence-electron chi connectivity index (χ1n) is 8.12. The lowest BCUT2D eigenvalue weighted by molar-refractivity contribution is 0.0283. The molecule has 104 valence electrons. The van der Waals surface area contributed by atoms with E-state index in [1.807, 2.05) is 0 Å². The minimum atomic E-state index is 0.276. The molecule has 0 aromatic heterocycles. The number of piperidine rings is 1. The highest BCUT2D eigenvalue weighted by molar-refractivity contribution is 5.25. The van der Waals surface area contributed by atoms with Crippen molar-refractivity contribution in [1.82, 2.24) is 4.90 Å². The minimum Gasteiger partial charge on any atom is -0.294 e. The van der Waals surface area contributed by atoms with Gasteiger partial charge in [-0.2, -0.15) is 0 Å². The Morgan fingerprint density at radius 3 is 2.16 bits per heavy atom. The summed E-state index contributed by atoms with van der Waals surface area (Å²) in [5, 5.41) is 0. The summed E-state index contributed by atoms with van der Waals surface area (Å²) in [7, 11) is 0. The summed E-state index contributed by atoms with van der Waals surface area (Å²) in [5.41, 5.74) is 1.82. The summed E-state index contributed by atoms with van der Waals surface area (Å²) in [6.07, 6.45) is 9.89. The molecular formula is C18H27N. The number of hydrogen-bond donors (Lipinski definition) is 0. The number of benzene rings is 1. The van der Waals surface area contributed by atoms with Gasteiger partial charge in [0.15, 0.2) is 0 Å². The van der Waals surface area contributed by atoms with Crippen LogP contribution in [0.3, 0.4) is 0 Å². The predicted octanol–water partition coefficient (Wildman–Crippen LogP) is 4.58.